The Bertz CT molecular complexity index is 362. The summed E-state index contributed by atoms with van der Waals surface area (Å²) in [5.41, 5.74) is -1.07. The van der Waals surface area contributed by atoms with E-state index in [2.05, 4.69) is 10.6 Å². The lowest BCUT2D eigenvalue weighted by molar-refractivity contribution is -0.148. The number of nitrogens with zero attached hydrogens (tertiary/aromatic N) is 1. The molecular weight excluding hydrogens is 262 g/mol. The van der Waals surface area contributed by atoms with Crippen LogP contribution in [0.1, 0.15) is 20.3 Å². The van der Waals surface area contributed by atoms with Crippen molar-refractivity contribution in [2.75, 3.05) is 33.9 Å². The Labute approximate surface area is 119 Å². The maximum absolute atomic E-state index is 11.9. The first-order valence-electron chi connectivity index (χ1n) is 6.78. The van der Waals surface area contributed by atoms with Crippen LogP contribution in [-0.2, 0) is 9.53 Å². The summed E-state index contributed by atoms with van der Waals surface area (Å²) < 4.78 is 5.19. The molecule has 1 aliphatic heterocycles. The highest BCUT2D eigenvalue weighted by Crippen LogP contribution is 2.28. The highest BCUT2D eigenvalue weighted by molar-refractivity contribution is 5.79. The van der Waals surface area contributed by atoms with Crippen LogP contribution in [0.3, 0.4) is 0 Å². The number of hydrogen-bond acceptors (Lipinski definition) is 4. The Hall–Kier alpha value is -1.34. The van der Waals surface area contributed by atoms with E-state index in [1.54, 1.807) is 6.92 Å². The minimum absolute atomic E-state index is 0.0239. The van der Waals surface area contributed by atoms with Crippen LogP contribution in [0.25, 0.3) is 0 Å². The normalized spacial score (nSPS) is 27.4. The van der Waals surface area contributed by atoms with Gasteiger partial charge in [0.05, 0.1) is 19.3 Å². The smallest absolute Gasteiger partial charge is 0.315 e. The van der Waals surface area contributed by atoms with Gasteiger partial charge >= 0.3 is 12.0 Å². The Kier molecular flexibility index (Phi) is 5.76. The summed E-state index contributed by atoms with van der Waals surface area (Å²) in [6.07, 6.45) is 0.831. The monoisotopic (exact) mass is 287 g/mol. The molecule has 1 aliphatic rings. The minimum atomic E-state index is -1.07. The highest BCUT2D eigenvalue weighted by Gasteiger charge is 2.47. The number of nitrogens with one attached hydrogen (secondary N) is 2. The largest absolute Gasteiger partial charge is 0.481 e. The number of hydrogen-bond donors (Lipinski definition) is 3. The molecule has 0 aliphatic carbocycles. The fraction of sp³-hybridized carbons (Fsp3) is 0.846. The van der Waals surface area contributed by atoms with Crippen molar-refractivity contribution in [2.24, 2.45) is 5.41 Å². The first-order chi connectivity index (χ1) is 9.25. The molecule has 2 amide bonds. The van der Waals surface area contributed by atoms with E-state index in [1.165, 1.54) is 0 Å². The second-order valence-electron chi connectivity index (χ2n) is 5.90. The SMILES string of the molecule is CC(CCN(C)C)NC(=O)NC1COCC1(C)C(=O)O. The average Bonchev–Trinajstić information content (AvgIpc) is 2.69. The lowest BCUT2D eigenvalue weighted by atomic mass is 9.85. The molecule has 7 nitrogen and oxygen atoms in total. The van der Waals surface area contributed by atoms with Crippen molar-refractivity contribution in [3.05, 3.63) is 0 Å². The summed E-state index contributed by atoms with van der Waals surface area (Å²) in [6.45, 7) is 4.72. The minimum Gasteiger partial charge on any atom is -0.481 e. The van der Waals surface area contributed by atoms with E-state index in [0.717, 1.165) is 13.0 Å². The zero-order chi connectivity index (χ0) is 15.3. The van der Waals surface area contributed by atoms with Gasteiger partial charge in [-0.15, -0.1) is 0 Å². The Morgan fingerprint density at radius 1 is 1.50 bits per heavy atom. The van der Waals surface area contributed by atoms with Gasteiger partial charge < -0.3 is 25.4 Å². The number of carboxylic acid groups (broad SMARTS) is 1. The van der Waals surface area contributed by atoms with Crippen molar-refractivity contribution in [1.82, 2.24) is 15.5 Å². The standard InChI is InChI=1S/C13H25N3O4/c1-9(5-6-16(3)4)14-12(19)15-10-7-20-8-13(10,2)11(17)18/h9-10H,5-8H2,1-4H3,(H,17,18)(H2,14,15,19). The van der Waals surface area contributed by atoms with Gasteiger partial charge in [0.15, 0.2) is 0 Å². The van der Waals surface area contributed by atoms with Crippen LogP contribution >= 0.6 is 0 Å². The molecule has 3 N–H and O–H groups in total. The highest BCUT2D eigenvalue weighted by atomic mass is 16.5. The van der Waals surface area contributed by atoms with E-state index in [-0.39, 0.29) is 25.3 Å². The van der Waals surface area contributed by atoms with E-state index < -0.39 is 17.4 Å². The van der Waals surface area contributed by atoms with Gasteiger partial charge in [0.1, 0.15) is 5.41 Å². The summed E-state index contributed by atoms with van der Waals surface area (Å²) in [5.74, 6) is -0.957. The molecule has 1 rings (SSSR count). The first kappa shape index (κ1) is 16.7. The van der Waals surface area contributed by atoms with Crippen LogP contribution in [0.15, 0.2) is 0 Å². The van der Waals surface area contributed by atoms with E-state index in [0.29, 0.717) is 0 Å². The maximum atomic E-state index is 11.9. The Balaban J connectivity index is 2.44. The van der Waals surface area contributed by atoms with Gasteiger partial charge in [-0.3, -0.25) is 4.79 Å². The van der Waals surface area contributed by atoms with Crippen LogP contribution in [0.5, 0.6) is 0 Å². The molecule has 0 aromatic heterocycles. The third kappa shape index (κ3) is 4.35. The van der Waals surface area contributed by atoms with Crippen molar-refractivity contribution in [2.45, 2.75) is 32.4 Å². The molecule has 0 aromatic carbocycles. The molecule has 0 spiro atoms. The van der Waals surface area contributed by atoms with Crippen molar-refractivity contribution in [3.8, 4) is 0 Å². The topological polar surface area (TPSA) is 90.9 Å². The first-order valence-corrected chi connectivity index (χ1v) is 6.78. The lowest BCUT2D eigenvalue weighted by Gasteiger charge is -2.26. The molecular formula is C13H25N3O4. The fourth-order valence-electron chi connectivity index (χ4n) is 2.03. The summed E-state index contributed by atoms with van der Waals surface area (Å²) in [4.78, 5) is 25.2. The molecule has 116 valence electrons. The number of aliphatic carboxylic acids is 1. The number of carbonyl (C=O) groups is 2. The van der Waals surface area contributed by atoms with Crippen LogP contribution in [0.4, 0.5) is 4.79 Å². The van der Waals surface area contributed by atoms with Crippen molar-refractivity contribution < 1.29 is 19.4 Å². The van der Waals surface area contributed by atoms with Gasteiger partial charge in [0.2, 0.25) is 0 Å². The number of carboxylic acids is 1. The third-order valence-corrected chi connectivity index (χ3v) is 3.64. The number of amides is 2. The Morgan fingerprint density at radius 2 is 2.15 bits per heavy atom. The van der Waals surface area contributed by atoms with Gasteiger partial charge in [-0.1, -0.05) is 0 Å². The molecule has 1 saturated heterocycles. The molecule has 3 atom stereocenters. The molecule has 20 heavy (non-hydrogen) atoms. The van der Waals surface area contributed by atoms with Gasteiger partial charge in [-0.05, 0) is 40.9 Å². The average molecular weight is 287 g/mol. The van der Waals surface area contributed by atoms with Gasteiger partial charge in [0, 0.05) is 6.04 Å². The molecule has 3 unspecified atom stereocenters. The number of urea groups is 1. The van der Waals surface area contributed by atoms with Gasteiger partial charge in [0.25, 0.3) is 0 Å². The fourth-order valence-corrected chi connectivity index (χ4v) is 2.03. The van der Waals surface area contributed by atoms with E-state index in [9.17, 15) is 14.7 Å². The van der Waals surface area contributed by atoms with Crippen LogP contribution in [0.2, 0.25) is 0 Å². The second-order valence-corrected chi connectivity index (χ2v) is 5.90. The van der Waals surface area contributed by atoms with Gasteiger partial charge in [-0.25, -0.2) is 4.79 Å². The van der Waals surface area contributed by atoms with Crippen LogP contribution < -0.4 is 10.6 Å². The summed E-state index contributed by atoms with van der Waals surface area (Å²) >= 11 is 0. The van der Waals surface area contributed by atoms with E-state index in [1.807, 2.05) is 25.9 Å². The van der Waals surface area contributed by atoms with Crippen molar-refractivity contribution >= 4 is 12.0 Å². The predicted molar refractivity (Wildman–Crippen MR) is 74.7 cm³/mol. The van der Waals surface area contributed by atoms with E-state index >= 15 is 0 Å². The molecule has 0 aromatic rings. The van der Waals surface area contributed by atoms with Crippen molar-refractivity contribution in [1.29, 1.82) is 0 Å². The molecule has 0 saturated carbocycles. The van der Waals surface area contributed by atoms with Crippen molar-refractivity contribution in [3.63, 3.8) is 0 Å². The summed E-state index contributed by atoms with van der Waals surface area (Å²) in [5, 5.41) is 14.7. The quantitative estimate of drug-likeness (QED) is 0.645. The molecule has 7 heteroatoms. The summed E-state index contributed by atoms with van der Waals surface area (Å²) in [6, 6.07) is -0.837. The summed E-state index contributed by atoms with van der Waals surface area (Å²) in [7, 11) is 3.95. The maximum Gasteiger partial charge on any atom is 0.315 e. The third-order valence-electron chi connectivity index (χ3n) is 3.64. The molecule has 0 radical (unpaired) electrons. The van der Waals surface area contributed by atoms with Crippen LogP contribution in [0, 0.1) is 5.41 Å². The second kappa shape index (κ2) is 6.90. The van der Waals surface area contributed by atoms with Crippen LogP contribution in [-0.4, -0.2) is 67.9 Å². The molecule has 1 heterocycles. The zero-order valence-corrected chi connectivity index (χ0v) is 12.6. The Morgan fingerprint density at radius 3 is 2.70 bits per heavy atom. The number of carbonyl (C=O) groups excluding carboxylic acids is 1. The van der Waals surface area contributed by atoms with Gasteiger partial charge in [-0.2, -0.15) is 0 Å². The molecule has 1 fully saturated rings. The lowest BCUT2D eigenvalue weighted by Crippen LogP contribution is -2.53. The van der Waals surface area contributed by atoms with E-state index in [4.69, 9.17) is 4.74 Å². The zero-order valence-electron chi connectivity index (χ0n) is 12.6. The number of rotatable bonds is 6. The predicted octanol–water partition coefficient (Wildman–Crippen LogP) is 0.116. The molecule has 0 bridgehead atoms. The number of ether oxygens (including phenoxy) is 1.